The van der Waals surface area contributed by atoms with Gasteiger partial charge in [0.05, 0.1) is 10.6 Å². The summed E-state index contributed by atoms with van der Waals surface area (Å²) < 4.78 is 0.964. The minimum Gasteiger partial charge on any atom is -0.126 e. The van der Waals surface area contributed by atoms with E-state index < -0.39 is 0 Å². The molecule has 0 N–H and O–H groups in total. The van der Waals surface area contributed by atoms with Gasteiger partial charge in [-0.25, -0.2) is 0 Å². The Hall–Kier alpha value is -1.60. The molecule has 4 nitrogen and oxygen atoms in total. The monoisotopic (exact) mass is 394 g/mol. The Kier molecular flexibility index (Phi) is 3.88. The standard InChI is InChI=1S/C14H8ClIN4/c15-10-7-4-8-11(16)12(10)14-19-17-13(18-20-14)9-5-2-1-3-6-9/h1-8H. The second kappa shape index (κ2) is 5.80. The molecule has 0 bridgehead atoms. The summed E-state index contributed by atoms with van der Waals surface area (Å²) in [5.74, 6) is 0.927. The molecule has 1 aromatic heterocycles. The van der Waals surface area contributed by atoms with Gasteiger partial charge in [-0.3, -0.25) is 0 Å². The van der Waals surface area contributed by atoms with Gasteiger partial charge in [0.2, 0.25) is 11.6 Å². The Balaban J connectivity index is 2.02. The van der Waals surface area contributed by atoms with Crippen molar-refractivity contribution < 1.29 is 0 Å². The molecule has 0 saturated heterocycles. The van der Waals surface area contributed by atoms with E-state index in [1.54, 1.807) is 6.07 Å². The molecule has 0 radical (unpaired) electrons. The van der Waals surface area contributed by atoms with Gasteiger partial charge in [-0.15, -0.1) is 20.4 Å². The molecule has 0 unspecified atom stereocenters. The van der Waals surface area contributed by atoms with Gasteiger partial charge in [0.25, 0.3) is 0 Å². The first kappa shape index (κ1) is 13.4. The number of nitrogens with zero attached hydrogens (tertiary/aromatic N) is 4. The van der Waals surface area contributed by atoms with Crippen LogP contribution in [-0.4, -0.2) is 20.4 Å². The number of aromatic nitrogens is 4. The normalized spacial score (nSPS) is 10.5. The van der Waals surface area contributed by atoms with Crippen LogP contribution in [0, 0.1) is 3.57 Å². The van der Waals surface area contributed by atoms with Gasteiger partial charge in [-0.05, 0) is 34.7 Å². The van der Waals surface area contributed by atoms with Crippen molar-refractivity contribution in [1.29, 1.82) is 0 Å². The van der Waals surface area contributed by atoms with Gasteiger partial charge in [-0.1, -0.05) is 48.0 Å². The van der Waals surface area contributed by atoms with Crippen LogP contribution < -0.4 is 0 Å². The van der Waals surface area contributed by atoms with Crippen molar-refractivity contribution in [3.8, 4) is 22.8 Å². The average Bonchev–Trinajstić information content (AvgIpc) is 2.49. The molecule has 0 amide bonds. The molecular formula is C14H8ClIN4. The van der Waals surface area contributed by atoms with Crippen molar-refractivity contribution in [1.82, 2.24) is 20.4 Å². The average molecular weight is 395 g/mol. The molecule has 1 heterocycles. The highest BCUT2D eigenvalue weighted by atomic mass is 127. The summed E-state index contributed by atoms with van der Waals surface area (Å²) in [4.78, 5) is 0. The van der Waals surface area contributed by atoms with Crippen LogP contribution in [0.3, 0.4) is 0 Å². The molecule has 0 saturated carbocycles. The van der Waals surface area contributed by atoms with Crippen LogP contribution in [0.4, 0.5) is 0 Å². The Morgan fingerprint density at radius 3 is 2.05 bits per heavy atom. The Morgan fingerprint density at radius 1 is 0.750 bits per heavy atom. The van der Waals surface area contributed by atoms with E-state index in [2.05, 4.69) is 43.0 Å². The SMILES string of the molecule is Clc1cccc(I)c1-c1nnc(-c2ccccc2)nn1. The van der Waals surface area contributed by atoms with Crippen LogP contribution in [-0.2, 0) is 0 Å². The van der Waals surface area contributed by atoms with E-state index in [9.17, 15) is 0 Å². The second-order valence-electron chi connectivity index (χ2n) is 4.01. The maximum atomic E-state index is 6.18. The van der Waals surface area contributed by atoms with Crippen molar-refractivity contribution in [2.75, 3.05) is 0 Å². The highest BCUT2D eigenvalue weighted by Gasteiger charge is 2.12. The second-order valence-corrected chi connectivity index (χ2v) is 5.58. The lowest BCUT2D eigenvalue weighted by molar-refractivity contribution is 0.875. The largest absolute Gasteiger partial charge is 0.206 e. The van der Waals surface area contributed by atoms with Gasteiger partial charge >= 0.3 is 0 Å². The van der Waals surface area contributed by atoms with Crippen LogP contribution in [0.1, 0.15) is 0 Å². The van der Waals surface area contributed by atoms with Crippen molar-refractivity contribution >= 4 is 34.2 Å². The first-order valence-corrected chi connectivity index (χ1v) is 7.28. The molecule has 20 heavy (non-hydrogen) atoms. The lowest BCUT2D eigenvalue weighted by atomic mass is 10.2. The fourth-order valence-electron chi connectivity index (χ4n) is 1.74. The molecule has 6 heteroatoms. The van der Waals surface area contributed by atoms with Crippen LogP contribution in [0.25, 0.3) is 22.8 Å². The fraction of sp³-hybridized carbons (Fsp3) is 0. The summed E-state index contributed by atoms with van der Waals surface area (Å²) in [6.07, 6.45) is 0. The summed E-state index contributed by atoms with van der Waals surface area (Å²) >= 11 is 8.37. The maximum absolute atomic E-state index is 6.18. The van der Waals surface area contributed by atoms with E-state index in [-0.39, 0.29) is 0 Å². The molecule has 3 rings (SSSR count). The number of rotatable bonds is 2. The molecule has 0 fully saturated rings. The predicted molar refractivity (Wildman–Crippen MR) is 86.2 cm³/mol. The van der Waals surface area contributed by atoms with Crippen molar-refractivity contribution in [3.05, 3.63) is 57.1 Å². The predicted octanol–water partition coefficient (Wildman–Crippen LogP) is 3.86. The highest BCUT2D eigenvalue weighted by Crippen LogP contribution is 2.29. The Labute approximate surface area is 134 Å². The van der Waals surface area contributed by atoms with E-state index in [0.29, 0.717) is 16.7 Å². The van der Waals surface area contributed by atoms with E-state index in [1.165, 1.54) is 0 Å². The maximum Gasteiger partial charge on any atom is 0.206 e. The summed E-state index contributed by atoms with van der Waals surface area (Å²) in [6.45, 7) is 0. The lowest BCUT2D eigenvalue weighted by Crippen LogP contribution is -2.00. The first-order chi connectivity index (χ1) is 9.75. The summed E-state index contributed by atoms with van der Waals surface area (Å²) in [5.41, 5.74) is 1.64. The molecule has 2 aromatic carbocycles. The third-order valence-electron chi connectivity index (χ3n) is 2.70. The van der Waals surface area contributed by atoms with Gasteiger partial charge in [0, 0.05) is 9.13 Å². The number of hydrogen-bond donors (Lipinski definition) is 0. The minimum atomic E-state index is 0.430. The zero-order chi connectivity index (χ0) is 13.9. The minimum absolute atomic E-state index is 0.430. The van der Waals surface area contributed by atoms with E-state index in [0.717, 1.165) is 14.7 Å². The molecule has 0 aliphatic rings. The molecule has 3 aromatic rings. The van der Waals surface area contributed by atoms with Gasteiger partial charge in [0.1, 0.15) is 0 Å². The van der Waals surface area contributed by atoms with E-state index in [4.69, 9.17) is 11.6 Å². The zero-order valence-electron chi connectivity index (χ0n) is 10.2. The summed E-state index contributed by atoms with van der Waals surface area (Å²) in [5, 5.41) is 17.1. The van der Waals surface area contributed by atoms with Gasteiger partial charge in [0.15, 0.2) is 0 Å². The molecule has 0 spiro atoms. The molecular weight excluding hydrogens is 387 g/mol. The number of benzene rings is 2. The fourth-order valence-corrected chi connectivity index (χ4v) is 2.90. The van der Waals surface area contributed by atoms with E-state index in [1.807, 2.05) is 42.5 Å². The smallest absolute Gasteiger partial charge is 0.126 e. The zero-order valence-corrected chi connectivity index (χ0v) is 13.1. The van der Waals surface area contributed by atoms with Crippen molar-refractivity contribution in [2.24, 2.45) is 0 Å². The summed E-state index contributed by atoms with van der Waals surface area (Å²) in [7, 11) is 0. The topological polar surface area (TPSA) is 51.6 Å². The number of halogens is 2. The van der Waals surface area contributed by atoms with Gasteiger partial charge in [-0.2, -0.15) is 0 Å². The molecule has 0 aliphatic carbocycles. The third kappa shape index (κ3) is 2.64. The van der Waals surface area contributed by atoms with Crippen molar-refractivity contribution in [2.45, 2.75) is 0 Å². The highest BCUT2D eigenvalue weighted by molar-refractivity contribution is 14.1. The lowest BCUT2D eigenvalue weighted by Gasteiger charge is -2.04. The van der Waals surface area contributed by atoms with Crippen LogP contribution in [0.5, 0.6) is 0 Å². The van der Waals surface area contributed by atoms with Crippen molar-refractivity contribution in [3.63, 3.8) is 0 Å². The van der Waals surface area contributed by atoms with Crippen LogP contribution >= 0.6 is 34.2 Å². The first-order valence-electron chi connectivity index (χ1n) is 5.83. The Bertz CT molecular complexity index is 712. The Morgan fingerprint density at radius 2 is 1.40 bits per heavy atom. The number of hydrogen-bond acceptors (Lipinski definition) is 4. The summed E-state index contributed by atoms with van der Waals surface area (Å²) in [6, 6.07) is 15.2. The quantitative estimate of drug-likeness (QED) is 0.619. The molecule has 98 valence electrons. The molecule has 0 aliphatic heterocycles. The van der Waals surface area contributed by atoms with Crippen LogP contribution in [0.15, 0.2) is 48.5 Å². The molecule has 0 atom stereocenters. The van der Waals surface area contributed by atoms with Crippen LogP contribution in [0.2, 0.25) is 5.02 Å². The van der Waals surface area contributed by atoms with E-state index >= 15 is 0 Å². The third-order valence-corrected chi connectivity index (χ3v) is 3.91. The van der Waals surface area contributed by atoms with Gasteiger partial charge < -0.3 is 0 Å².